The number of amides is 1. The first-order chi connectivity index (χ1) is 14.5. The van der Waals surface area contributed by atoms with Gasteiger partial charge in [0.2, 0.25) is 0 Å². The number of carbonyl (C=O) groups is 1. The number of para-hydroxylation sites is 1. The molecule has 0 bridgehead atoms. The second-order valence-electron chi connectivity index (χ2n) is 6.88. The topological polar surface area (TPSA) is 97.4 Å². The number of anilines is 1. The van der Waals surface area contributed by atoms with Crippen LogP contribution in [0, 0.1) is 10.1 Å². The zero-order valence-electron chi connectivity index (χ0n) is 16.3. The number of benzene rings is 2. The molecule has 1 aromatic heterocycles. The van der Waals surface area contributed by atoms with Crippen molar-refractivity contribution < 1.29 is 9.72 Å². The van der Waals surface area contributed by atoms with Crippen LogP contribution in [0.1, 0.15) is 10.4 Å². The third-order valence-corrected chi connectivity index (χ3v) is 6.08. The van der Waals surface area contributed by atoms with E-state index in [9.17, 15) is 14.9 Å². The molecule has 0 aliphatic carbocycles. The Kier molecular flexibility index (Phi) is 5.66. The van der Waals surface area contributed by atoms with Crippen LogP contribution >= 0.6 is 11.8 Å². The predicted molar refractivity (Wildman–Crippen MR) is 113 cm³/mol. The maximum absolute atomic E-state index is 13.0. The highest BCUT2D eigenvalue weighted by atomic mass is 32.2. The number of rotatable bonds is 5. The molecule has 0 spiro atoms. The van der Waals surface area contributed by atoms with E-state index in [1.165, 1.54) is 12.4 Å². The van der Waals surface area contributed by atoms with Crippen LogP contribution < -0.4 is 4.90 Å². The molecule has 0 N–H and O–H groups in total. The lowest BCUT2D eigenvalue weighted by atomic mass is 10.1. The predicted octanol–water partition coefficient (Wildman–Crippen LogP) is 2.84. The molecule has 2 heterocycles. The van der Waals surface area contributed by atoms with E-state index in [1.54, 1.807) is 28.6 Å². The molecule has 154 valence electrons. The summed E-state index contributed by atoms with van der Waals surface area (Å²) in [4.78, 5) is 28.5. The van der Waals surface area contributed by atoms with Crippen molar-refractivity contribution in [2.75, 3.05) is 31.1 Å². The third kappa shape index (κ3) is 4.13. The van der Waals surface area contributed by atoms with Crippen LogP contribution in [0.5, 0.6) is 0 Å². The minimum absolute atomic E-state index is 0.114. The van der Waals surface area contributed by atoms with Crippen molar-refractivity contribution in [1.29, 1.82) is 0 Å². The second kappa shape index (κ2) is 8.54. The highest BCUT2D eigenvalue weighted by molar-refractivity contribution is 7.99. The Hall–Kier alpha value is -3.40. The van der Waals surface area contributed by atoms with Crippen molar-refractivity contribution in [2.45, 2.75) is 10.1 Å². The number of aromatic nitrogens is 3. The summed E-state index contributed by atoms with van der Waals surface area (Å²) >= 11 is 1.15. The molecule has 1 fully saturated rings. The maximum atomic E-state index is 13.0. The van der Waals surface area contributed by atoms with Crippen LogP contribution in [0.15, 0.2) is 64.9 Å². The Morgan fingerprint density at radius 2 is 1.83 bits per heavy atom. The average molecular weight is 424 g/mol. The van der Waals surface area contributed by atoms with Gasteiger partial charge in [0.1, 0.15) is 6.33 Å². The Morgan fingerprint density at radius 1 is 1.10 bits per heavy atom. The minimum atomic E-state index is -0.469. The summed E-state index contributed by atoms with van der Waals surface area (Å²) < 4.78 is 1.68. The number of nitro groups is 1. The van der Waals surface area contributed by atoms with Crippen LogP contribution in [0.4, 0.5) is 11.4 Å². The minimum Gasteiger partial charge on any atom is -0.368 e. The van der Waals surface area contributed by atoms with E-state index >= 15 is 0 Å². The van der Waals surface area contributed by atoms with Gasteiger partial charge in [-0.05, 0) is 36.0 Å². The molecular formula is C20H20N6O3S. The number of hydrogen-bond donors (Lipinski definition) is 0. The Balaban J connectivity index is 1.48. The van der Waals surface area contributed by atoms with Crippen molar-refractivity contribution >= 4 is 29.0 Å². The van der Waals surface area contributed by atoms with Gasteiger partial charge in [0.05, 0.1) is 9.82 Å². The van der Waals surface area contributed by atoms with E-state index in [2.05, 4.69) is 15.1 Å². The summed E-state index contributed by atoms with van der Waals surface area (Å²) in [5.41, 5.74) is 1.33. The molecular weight excluding hydrogens is 404 g/mol. The summed E-state index contributed by atoms with van der Waals surface area (Å²) in [6.07, 6.45) is 1.53. The first-order valence-electron chi connectivity index (χ1n) is 9.42. The van der Waals surface area contributed by atoms with Crippen molar-refractivity contribution in [3.8, 4) is 0 Å². The van der Waals surface area contributed by atoms with E-state index < -0.39 is 4.92 Å². The zero-order valence-corrected chi connectivity index (χ0v) is 17.2. The number of piperazine rings is 1. The smallest absolute Gasteiger partial charge is 0.284 e. The highest BCUT2D eigenvalue weighted by Gasteiger charge is 2.25. The quantitative estimate of drug-likeness (QED) is 0.459. The van der Waals surface area contributed by atoms with Gasteiger partial charge in [-0.15, -0.1) is 10.2 Å². The SMILES string of the molecule is Cn1cnnc1Sc1ccc(C(=O)N2CCN(c3ccccc3)CC2)cc1[N+](=O)[O-]. The normalized spacial score (nSPS) is 14.0. The lowest BCUT2D eigenvalue weighted by Gasteiger charge is -2.36. The highest BCUT2D eigenvalue weighted by Crippen LogP contribution is 2.34. The fourth-order valence-electron chi connectivity index (χ4n) is 3.33. The van der Waals surface area contributed by atoms with Gasteiger partial charge in [0, 0.05) is 50.5 Å². The van der Waals surface area contributed by atoms with Gasteiger partial charge in [-0.3, -0.25) is 14.9 Å². The van der Waals surface area contributed by atoms with Gasteiger partial charge < -0.3 is 14.4 Å². The molecule has 0 atom stereocenters. The fourth-order valence-corrected chi connectivity index (χ4v) is 4.18. The van der Waals surface area contributed by atoms with Crippen molar-refractivity contribution in [2.24, 2.45) is 7.05 Å². The van der Waals surface area contributed by atoms with Gasteiger partial charge in [-0.1, -0.05) is 18.2 Å². The second-order valence-corrected chi connectivity index (χ2v) is 7.89. The van der Waals surface area contributed by atoms with Gasteiger partial charge in [0.15, 0.2) is 5.16 Å². The van der Waals surface area contributed by atoms with Gasteiger partial charge in [-0.2, -0.15) is 0 Å². The van der Waals surface area contributed by atoms with Gasteiger partial charge in [-0.25, -0.2) is 0 Å². The zero-order chi connectivity index (χ0) is 21.1. The standard InChI is InChI=1S/C20H20N6O3S/c1-23-14-21-22-20(23)30-18-8-7-15(13-17(18)26(28)29)19(27)25-11-9-24(10-12-25)16-5-3-2-4-6-16/h2-8,13-14H,9-12H2,1H3. The van der Waals surface area contributed by atoms with E-state index in [-0.39, 0.29) is 11.6 Å². The van der Waals surface area contributed by atoms with Crippen LogP contribution in [0.2, 0.25) is 0 Å². The molecule has 1 aliphatic heterocycles. The number of nitrogens with zero attached hydrogens (tertiary/aromatic N) is 6. The van der Waals surface area contributed by atoms with Crippen LogP contribution in [-0.2, 0) is 7.05 Å². The average Bonchev–Trinajstić information content (AvgIpc) is 3.18. The molecule has 0 unspecified atom stereocenters. The summed E-state index contributed by atoms with van der Waals surface area (Å²) in [6, 6.07) is 14.7. The van der Waals surface area contributed by atoms with Gasteiger partial charge >= 0.3 is 0 Å². The first kappa shape index (κ1) is 19.9. The molecule has 4 rings (SSSR count). The monoisotopic (exact) mass is 424 g/mol. The van der Waals surface area contributed by atoms with Crippen LogP contribution in [0.25, 0.3) is 0 Å². The Morgan fingerprint density at radius 3 is 2.47 bits per heavy atom. The molecule has 9 nitrogen and oxygen atoms in total. The molecule has 30 heavy (non-hydrogen) atoms. The third-order valence-electron chi connectivity index (χ3n) is 4.96. The maximum Gasteiger partial charge on any atom is 0.284 e. The molecule has 1 saturated heterocycles. The van der Waals surface area contributed by atoms with E-state index in [1.807, 2.05) is 30.3 Å². The van der Waals surface area contributed by atoms with E-state index in [4.69, 9.17) is 0 Å². The summed E-state index contributed by atoms with van der Waals surface area (Å²) in [6.45, 7) is 2.57. The molecule has 2 aromatic carbocycles. The van der Waals surface area contributed by atoms with Crippen LogP contribution in [-0.4, -0.2) is 56.7 Å². The van der Waals surface area contributed by atoms with Gasteiger partial charge in [0.25, 0.3) is 11.6 Å². The molecule has 0 saturated carbocycles. The van der Waals surface area contributed by atoms with E-state index in [0.29, 0.717) is 28.7 Å². The van der Waals surface area contributed by atoms with E-state index in [0.717, 1.165) is 30.5 Å². The first-order valence-corrected chi connectivity index (χ1v) is 10.2. The fraction of sp³-hybridized carbons (Fsp3) is 0.250. The van der Waals surface area contributed by atoms with Crippen molar-refractivity contribution in [3.63, 3.8) is 0 Å². The summed E-state index contributed by atoms with van der Waals surface area (Å²) in [7, 11) is 1.77. The molecule has 10 heteroatoms. The molecule has 1 aliphatic rings. The molecule has 0 radical (unpaired) electrons. The Labute approximate surface area is 177 Å². The molecule has 3 aromatic rings. The Bertz CT molecular complexity index is 1060. The number of hydrogen-bond acceptors (Lipinski definition) is 7. The number of aryl methyl sites for hydroxylation is 1. The lowest BCUT2D eigenvalue weighted by molar-refractivity contribution is -0.387. The molecule has 1 amide bonds. The summed E-state index contributed by atoms with van der Waals surface area (Å²) in [5, 5.41) is 19.9. The largest absolute Gasteiger partial charge is 0.368 e. The number of carbonyl (C=O) groups excluding carboxylic acids is 1. The van der Waals surface area contributed by atoms with Crippen molar-refractivity contribution in [1.82, 2.24) is 19.7 Å². The van der Waals surface area contributed by atoms with Crippen molar-refractivity contribution in [3.05, 3.63) is 70.5 Å². The number of nitro benzene ring substituents is 1. The summed E-state index contributed by atoms with van der Waals surface area (Å²) in [5.74, 6) is -0.193. The van der Waals surface area contributed by atoms with Crippen LogP contribution in [0.3, 0.4) is 0 Å². The lowest BCUT2D eigenvalue weighted by Crippen LogP contribution is -2.48.